The van der Waals surface area contributed by atoms with Crippen molar-refractivity contribution < 1.29 is 25.1 Å². The summed E-state index contributed by atoms with van der Waals surface area (Å²) in [4.78, 5) is -0.0860. The molecule has 126 valence electrons. The number of hydrogen-bond acceptors (Lipinski definition) is 4. The zero-order chi connectivity index (χ0) is 16.8. The minimum absolute atomic E-state index is 0.0184. The maximum Gasteiger partial charge on any atom is 0.305 e. The Labute approximate surface area is 130 Å². The molecule has 0 radical (unpaired) electrons. The third-order valence-corrected chi connectivity index (χ3v) is 5.87. The van der Waals surface area contributed by atoms with E-state index < -0.39 is 31.3 Å². The van der Waals surface area contributed by atoms with Crippen LogP contribution in [0.5, 0.6) is 0 Å². The standard InChI is InChI=1S/C13H19F2NO4S2/c1-2-4-12(21(15,17)18)5-3-10-16-22(19,20)13-8-6-11(14)7-9-13/h6-9,12,16H,2-5,10H2,1H3. The first-order valence-electron chi connectivity index (χ1n) is 6.85. The quantitative estimate of drug-likeness (QED) is 0.545. The van der Waals surface area contributed by atoms with Gasteiger partial charge in [0.05, 0.1) is 10.1 Å². The van der Waals surface area contributed by atoms with Crippen LogP contribution < -0.4 is 4.72 Å². The lowest BCUT2D eigenvalue weighted by molar-refractivity contribution is 0.508. The second-order valence-electron chi connectivity index (χ2n) is 4.88. The molecule has 1 aromatic carbocycles. The fraction of sp³-hybridized carbons (Fsp3) is 0.538. The van der Waals surface area contributed by atoms with E-state index in [0.717, 1.165) is 24.3 Å². The van der Waals surface area contributed by atoms with Gasteiger partial charge in [0.25, 0.3) is 0 Å². The second kappa shape index (κ2) is 7.98. The van der Waals surface area contributed by atoms with Crippen molar-refractivity contribution in [2.45, 2.75) is 42.8 Å². The van der Waals surface area contributed by atoms with Crippen LogP contribution >= 0.6 is 0 Å². The fourth-order valence-corrected chi connectivity index (χ4v) is 4.02. The minimum atomic E-state index is -4.62. The van der Waals surface area contributed by atoms with E-state index in [4.69, 9.17) is 0 Å². The zero-order valence-corrected chi connectivity index (χ0v) is 13.8. The molecule has 1 unspecified atom stereocenters. The van der Waals surface area contributed by atoms with Crippen LogP contribution in [0.2, 0.25) is 0 Å². The van der Waals surface area contributed by atoms with Crippen LogP contribution in [0.15, 0.2) is 29.2 Å². The fourth-order valence-electron chi connectivity index (χ4n) is 1.98. The van der Waals surface area contributed by atoms with Gasteiger partial charge in [0.15, 0.2) is 0 Å². The molecule has 0 aliphatic heterocycles. The molecule has 0 heterocycles. The highest BCUT2D eigenvalue weighted by molar-refractivity contribution is 7.89. The van der Waals surface area contributed by atoms with Crippen LogP contribution in [0.25, 0.3) is 0 Å². The average Bonchev–Trinajstić information content (AvgIpc) is 2.41. The smallest absolute Gasteiger partial charge is 0.211 e. The number of hydrogen-bond donors (Lipinski definition) is 1. The molecule has 22 heavy (non-hydrogen) atoms. The van der Waals surface area contributed by atoms with Crippen LogP contribution in [0.1, 0.15) is 32.6 Å². The van der Waals surface area contributed by atoms with Crippen LogP contribution in [-0.4, -0.2) is 28.6 Å². The van der Waals surface area contributed by atoms with E-state index in [9.17, 15) is 25.1 Å². The molecule has 1 aromatic rings. The minimum Gasteiger partial charge on any atom is -0.211 e. The van der Waals surface area contributed by atoms with Crippen molar-refractivity contribution in [1.29, 1.82) is 0 Å². The van der Waals surface area contributed by atoms with Gasteiger partial charge in [-0.15, -0.1) is 3.89 Å². The van der Waals surface area contributed by atoms with E-state index in [1.54, 1.807) is 6.92 Å². The first-order chi connectivity index (χ1) is 10.2. The van der Waals surface area contributed by atoms with Crippen LogP contribution in [-0.2, 0) is 20.2 Å². The van der Waals surface area contributed by atoms with Gasteiger partial charge in [0, 0.05) is 6.54 Å². The van der Waals surface area contributed by atoms with Gasteiger partial charge in [-0.3, -0.25) is 0 Å². The van der Waals surface area contributed by atoms with E-state index in [2.05, 4.69) is 4.72 Å². The van der Waals surface area contributed by atoms with E-state index in [-0.39, 0.29) is 30.7 Å². The summed E-state index contributed by atoms with van der Waals surface area (Å²) >= 11 is 0. The van der Waals surface area contributed by atoms with Crippen LogP contribution in [0.3, 0.4) is 0 Å². The third kappa shape index (κ3) is 5.98. The molecule has 1 N–H and O–H groups in total. The van der Waals surface area contributed by atoms with Gasteiger partial charge < -0.3 is 0 Å². The average molecular weight is 355 g/mol. The predicted octanol–water partition coefficient (Wildman–Crippen LogP) is 2.35. The Balaban J connectivity index is 2.54. The Hall–Kier alpha value is -1.06. The molecule has 0 bridgehead atoms. The first-order valence-corrected chi connectivity index (χ1v) is 9.78. The van der Waals surface area contributed by atoms with Crippen molar-refractivity contribution in [2.75, 3.05) is 6.54 Å². The Morgan fingerprint density at radius 2 is 1.68 bits per heavy atom. The molecule has 0 aromatic heterocycles. The highest BCUT2D eigenvalue weighted by Gasteiger charge is 2.23. The summed E-state index contributed by atoms with van der Waals surface area (Å²) in [5, 5.41) is -1.10. The van der Waals surface area contributed by atoms with E-state index in [0.29, 0.717) is 6.42 Å². The molecular weight excluding hydrogens is 336 g/mol. The zero-order valence-electron chi connectivity index (χ0n) is 12.1. The molecule has 5 nitrogen and oxygen atoms in total. The van der Waals surface area contributed by atoms with E-state index in [1.807, 2.05) is 0 Å². The van der Waals surface area contributed by atoms with Crippen LogP contribution in [0.4, 0.5) is 8.28 Å². The van der Waals surface area contributed by atoms with Crippen molar-refractivity contribution in [2.24, 2.45) is 0 Å². The predicted molar refractivity (Wildman–Crippen MR) is 79.5 cm³/mol. The third-order valence-electron chi connectivity index (χ3n) is 3.13. The summed E-state index contributed by atoms with van der Waals surface area (Å²) in [6, 6.07) is 4.32. The van der Waals surface area contributed by atoms with E-state index >= 15 is 0 Å². The summed E-state index contributed by atoms with van der Waals surface area (Å²) < 4.78 is 73.6. The summed E-state index contributed by atoms with van der Waals surface area (Å²) in [5.74, 6) is -0.547. The van der Waals surface area contributed by atoms with Gasteiger partial charge in [-0.05, 0) is 43.5 Å². The topological polar surface area (TPSA) is 80.3 Å². The Kier molecular flexibility index (Phi) is 6.89. The summed E-state index contributed by atoms with van der Waals surface area (Å²) in [5.41, 5.74) is 0. The Morgan fingerprint density at radius 3 is 2.18 bits per heavy atom. The monoisotopic (exact) mass is 355 g/mol. The molecule has 9 heteroatoms. The molecule has 0 aliphatic rings. The van der Waals surface area contributed by atoms with Crippen molar-refractivity contribution in [3.8, 4) is 0 Å². The lowest BCUT2D eigenvalue weighted by atomic mass is 10.1. The van der Waals surface area contributed by atoms with Gasteiger partial charge >= 0.3 is 10.2 Å². The molecule has 0 aliphatic carbocycles. The SMILES string of the molecule is CCCC(CCCNS(=O)(=O)c1ccc(F)cc1)S(=O)(=O)F. The lowest BCUT2D eigenvalue weighted by Gasteiger charge is -2.12. The van der Waals surface area contributed by atoms with Crippen molar-refractivity contribution in [3.05, 3.63) is 30.1 Å². The first kappa shape index (κ1) is 19.0. The van der Waals surface area contributed by atoms with Crippen molar-refractivity contribution in [3.63, 3.8) is 0 Å². The van der Waals surface area contributed by atoms with Gasteiger partial charge in [-0.1, -0.05) is 13.3 Å². The lowest BCUT2D eigenvalue weighted by Crippen LogP contribution is -2.26. The number of halogens is 2. The molecule has 0 fully saturated rings. The summed E-state index contributed by atoms with van der Waals surface area (Å²) in [6.07, 6.45) is 0.950. The molecule has 0 amide bonds. The number of rotatable bonds is 9. The van der Waals surface area contributed by atoms with Gasteiger partial charge in [-0.25, -0.2) is 17.5 Å². The van der Waals surface area contributed by atoms with Crippen LogP contribution in [0, 0.1) is 5.82 Å². The molecule has 0 saturated carbocycles. The Bertz CT molecular complexity index is 672. The maximum atomic E-state index is 13.0. The highest BCUT2D eigenvalue weighted by Crippen LogP contribution is 2.16. The highest BCUT2D eigenvalue weighted by atomic mass is 32.3. The Morgan fingerprint density at radius 1 is 1.09 bits per heavy atom. The largest absolute Gasteiger partial charge is 0.305 e. The van der Waals surface area contributed by atoms with Crippen molar-refractivity contribution in [1.82, 2.24) is 4.72 Å². The maximum absolute atomic E-state index is 13.0. The molecular formula is C13H19F2NO4S2. The van der Waals surface area contributed by atoms with Gasteiger partial charge in [-0.2, -0.15) is 8.42 Å². The molecule has 1 atom stereocenters. The number of benzene rings is 1. The normalized spacial score (nSPS) is 14.0. The molecule has 0 spiro atoms. The molecule has 0 saturated heterocycles. The van der Waals surface area contributed by atoms with Crippen molar-refractivity contribution >= 4 is 20.2 Å². The number of nitrogens with one attached hydrogen (secondary N) is 1. The second-order valence-corrected chi connectivity index (χ2v) is 8.26. The number of sulfonamides is 1. The van der Waals surface area contributed by atoms with Gasteiger partial charge in [0.1, 0.15) is 5.82 Å². The molecule has 1 rings (SSSR count). The summed E-state index contributed by atoms with van der Waals surface area (Å²) in [7, 11) is -8.40. The van der Waals surface area contributed by atoms with Gasteiger partial charge in [0.2, 0.25) is 10.0 Å². The summed E-state index contributed by atoms with van der Waals surface area (Å²) in [6.45, 7) is 1.73. The van der Waals surface area contributed by atoms with E-state index in [1.165, 1.54) is 0 Å².